The second-order valence-electron chi connectivity index (χ2n) is 5.37. The van der Waals surface area contributed by atoms with Crippen molar-refractivity contribution in [3.8, 4) is 0 Å². The number of para-hydroxylation sites is 1. The minimum absolute atomic E-state index is 0.0628. The van der Waals surface area contributed by atoms with Crippen LogP contribution in [-0.4, -0.2) is 21.7 Å². The highest BCUT2D eigenvalue weighted by Gasteiger charge is 2.09. The number of nitrogens with zero attached hydrogens (tertiary/aromatic N) is 2. The Morgan fingerprint density at radius 2 is 1.64 bits per heavy atom. The lowest BCUT2D eigenvalue weighted by Crippen LogP contribution is -2.14. The van der Waals surface area contributed by atoms with Crippen LogP contribution in [0.5, 0.6) is 0 Å². The molecule has 3 aromatic rings. The number of carbonyl (C=O) groups excluding carboxylic acids is 2. The third kappa shape index (κ3) is 4.26. The van der Waals surface area contributed by atoms with E-state index in [1.54, 1.807) is 24.3 Å². The number of hydrogen-bond donors (Lipinski definition) is 2. The molecule has 0 atom stereocenters. The Morgan fingerprint density at radius 3 is 2.32 bits per heavy atom. The first-order chi connectivity index (χ1) is 12.1. The van der Waals surface area contributed by atoms with Crippen molar-refractivity contribution in [1.29, 1.82) is 0 Å². The Hall–Kier alpha value is -3.54. The molecule has 25 heavy (non-hydrogen) atoms. The van der Waals surface area contributed by atoms with Gasteiger partial charge in [-0.25, -0.2) is 9.97 Å². The average Bonchev–Trinajstić information content (AvgIpc) is 2.63. The Morgan fingerprint density at radius 1 is 0.880 bits per heavy atom. The van der Waals surface area contributed by atoms with Crippen LogP contribution >= 0.6 is 0 Å². The highest BCUT2D eigenvalue weighted by molar-refractivity contribution is 6.03. The van der Waals surface area contributed by atoms with Gasteiger partial charge in [0.1, 0.15) is 11.5 Å². The molecular weight excluding hydrogens is 316 g/mol. The summed E-state index contributed by atoms with van der Waals surface area (Å²) in [7, 11) is 0. The smallest absolute Gasteiger partial charge is 0.275 e. The highest BCUT2D eigenvalue weighted by atomic mass is 16.2. The molecule has 0 unspecified atom stereocenters. The van der Waals surface area contributed by atoms with Gasteiger partial charge >= 0.3 is 0 Å². The first-order valence-electron chi connectivity index (χ1n) is 7.68. The third-order valence-corrected chi connectivity index (χ3v) is 3.46. The molecule has 2 aromatic carbocycles. The molecule has 0 spiro atoms. The molecule has 0 aliphatic carbocycles. The maximum atomic E-state index is 12.2. The van der Waals surface area contributed by atoms with E-state index in [-0.39, 0.29) is 17.4 Å². The summed E-state index contributed by atoms with van der Waals surface area (Å²) in [6, 6.07) is 16.3. The van der Waals surface area contributed by atoms with Crippen LogP contribution in [0.2, 0.25) is 0 Å². The van der Waals surface area contributed by atoms with Crippen molar-refractivity contribution >= 4 is 28.9 Å². The van der Waals surface area contributed by atoms with E-state index in [0.717, 1.165) is 5.69 Å². The summed E-state index contributed by atoms with van der Waals surface area (Å²) in [4.78, 5) is 32.0. The maximum Gasteiger partial charge on any atom is 0.275 e. The number of amides is 1. The monoisotopic (exact) mass is 332 g/mol. The Labute approximate surface area is 145 Å². The molecule has 1 heterocycles. The fraction of sp³-hybridized carbons (Fsp3) is 0.0526. The zero-order chi connectivity index (χ0) is 17.6. The molecule has 0 aliphatic rings. The quantitative estimate of drug-likeness (QED) is 0.696. The molecular formula is C19H16N4O2. The van der Waals surface area contributed by atoms with Crippen molar-refractivity contribution in [3.05, 3.63) is 78.2 Å². The molecule has 2 N–H and O–H groups in total. The Kier molecular flexibility index (Phi) is 4.80. The van der Waals surface area contributed by atoms with Gasteiger partial charge < -0.3 is 10.6 Å². The van der Waals surface area contributed by atoms with Crippen LogP contribution in [0, 0.1) is 0 Å². The summed E-state index contributed by atoms with van der Waals surface area (Å²) in [6.45, 7) is 1.48. The van der Waals surface area contributed by atoms with Crippen LogP contribution in [0.15, 0.2) is 67.0 Å². The second-order valence-corrected chi connectivity index (χ2v) is 5.37. The molecule has 124 valence electrons. The van der Waals surface area contributed by atoms with Crippen molar-refractivity contribution < 1.29 is 9.59 Å². The minimum Gasteiger partial charge on any atom is -0.339 e. The lowest BCUT2D eigenvalue weighted by molar-refractivity contribution is 0.100. The summed E-state index contributed by atoms with van der Waals surface area (Å²) in [5.74, 6) is 0.0908. The zero-order valence-electron chi connectivity index (χ0n) is 13.6. The van der Waals surface area contributed by atoms with E-state index in [2.05, 4.69) is 20.6 Å². The molecule has 0 saturated heterocycles. The first kappa shape index (κ1) is 16.3. The van der Waals surface area contributed by atoms with E-state index in [0.29, 0.717) is 17.1 Å². The van der Waals surface area contributed by atoms with Crippen LogP contribution in [0.4, 0.5) is 17.2 Å². The van der Waals surface area contributed by atoms with Crippen LogP contribution in [0.1, 0.15) is 27.8 Å². The van der Waals surface area contributed by atoms with E-state index >= 15 is 0 Å². The standard InChI is InChI=1S/C19H16N4O2/c1-13(24)14-6-5-9-16(10-14)23-19(25)17-11-21-18(12-20-17)22-15-7-3-2-4-8-15/h2-12H,1H3,(H,21,22)(H,23,25). The number of aromatic nitrogens is 2. The molecule has 1 aromatic heterocycles. The van der Waals surface area contributed by atoms with Crippen LogP contribution in [-0.2, 0) is 0 Å². The predicted molar refractivity (Wildman–Crippen MR) is 96.2 cm³/mol. The molecule has 0 radical (unpaired) electrons. The largest absolute Gasteiger partial charge is 0.339 e. The molecule has 3 rings (SSSR count). The molecule has 6 heteroatoms. The number of Topliss-reactive ketones (excluding diaryl/α,β-unsaturated/α-hetero) is 1. The van der Waals surface area contributed by atoms with Crippen molar-refractivity contribution in [2.45, 2.75) is 6.92 Å². The molecule has 0 aliphatic heterocycles. The van der Waals surface area contributed by atoms with E-state index in [4.69, 9.17) is 0 Å². The number of carbonyl (C=O) groups is 2. The average molecular weight is 332 g/mol. The van der Waals surface area contributed by atoms with Gasteiger partial charge in [-0.2, -0.15) is 0 Å². The van der Waals surface area contributed by atoms with E-state index in [9.17, 15) is 9.59 Å². The van der Waals surface area contributed by atoms with E-state index < -0.39 is 0 Å². The highest BCUT2D eigenvalue weighted by Crippen LogP contribution is 2.14. The third-order valence-electron chi connectivity index (χ3n) is 3.46. The van der Waals surface area contributed by atoms with Crippen molar-refractivity contribution in [2.24, 2.45) is 0 Å². The molecule has 6 nitrogen and oxygen atoms in total. The van der Waals surface area contributed by atoms with Crippen LogP contribution in [0.25, 0.3) is 0 Å². The van der Waals surface area contributed by atoms with Crippen LogP contribution in [0.3, 0.4) is 0 Å². The molecule has 0 saturated carbocycles. The predicted octanol–water partition coefficient (Wildman–Crippen LogP) is 3.68. The summed E-state index contributed by atoms with van der Waals surface area (Å²) in [5, 5.41) is 5.81. The SMILES string of the molecule is CC(=O)c1cccc(NC(=O)c2cnc(Nc3ccccc3)cn2)c1. The molecule has 0 bridgehead atoms. The Balaban J connectivity index is 1.68. The summed E-state index contributed by atoms with van der Waals surface area (Å²) >= 11 is 0. The fourth-order valence-corrected chi connectivity index (χ4v) is 2.19. The summed E-state index contributed by atoms with van der Waals surface area (Å²) in [5.41, 5.74) is 2.14. The van der Waals surface area contributed by atoms with Gasteiger partial charge in [-0.1, -0.05) is 30.3 Å². The van der Waals surface area contributed by atoms with Gasteiger partial charge in [-0.05, 0) is 31.2 Å². The first-order valence-corrected chi connectivity index (χ1v) is 7.68. The van der Waals surface area contributed by atoms with Crippen LogP contribution < -0.4 is 10.6 Å². The van der Waals surface area contributed by atoms with Crippen molar-refractivity contribution in [3.63, 3.8) is 0 Å². The number of benzene rings is 2. The van der Waals surface area contributed by atoms with E-state index in [1.807, 2.05) is 30.3 Å². The fourth-order valence-electron chi connectivity index (χ4n) is 2.19. The van der Waals surface area contributed by atoms with Gasteiger partial charge in [0.15, 0.2) is 5.78 Å². The number of rotatable bonds is 5. The number of ketones is 1. The minimum atomic E-state index is -0.389. The number of hydrogen-bond acceptors (Lipinski definition) is 5. The normalized spacial score (nSPS) is 10.1. The summed E-state index contributed by atoms with van der Waals surface area (Å²) < 4.78 is 0. The van der Waals surface area contributed by atoms with Gasteiger partial charge in [-0.3, -0.25) is 9.59 Å². The van der Waals surface area contributed by atoms with Crippen molar-refractivity contribution in [2.75, 3.05) is 10.6 Å². The topological polar surface area (TPSA) is 84.0 Å². The van der Waals surface area contributed by atoms with Gasteiger partial charge in [0.25, 0.3) is 5.91 Å². The van der Waals surface area contributed by atoms with Gasteiger partial charge in [0.05, 0.1) is 12.4 Å². The molecule has 0 fully saturated rings. The second kappa shape index (κ2) is 7.35. The number of anilines is 3. The lowest BCUT2D eigenvalue weighted by atomic mass is 10.1. The van der Waals surface area contributed by atoms with Gasteiger partial charge in [-0.15, -0.1) is 0 Å². The van der Waals surface area contributed by atoms with Gasteiger partial charge in [0, 0.05) is 16.9 Å². The van der Waals surface area contributed by atoms with E-state index in [1.165, 1.54) is 19.3 Å². The number of nitrogens with one attached hydrogen (secondary N) is 2. The maximum absolute atomic E-state index is 12.2. The van der Waals surface area contributed by atoms with Gasteiger partial charge in [0.2, 0.25) is 0 Å². The lowest BCUT2D eigenvalue weighted by Gasteiger charge is -2.07. The Bertz CT molecular complexity index is 893. The molecule has 1 amide bonds. The van der Waals surface area contributed by atoms with Crippen molar-refractivity contribution in [1.82, 2.24) is 9.97 Å². The zero-order valence-corrected chi connectivity index (χ0v) is 13.6. The summed E-state index contributed by atoms with van der Waals surface area (Å²) in [6.07, 6.45) is 2.89.